The van der Waals surface area contributed by atoms with Crippen LogP contribution in [0.25, 0.3) is 11.1 Å². The van der Waals surface area contributed by atoms with E-state index in [9.17, 15) is 18.0 Å². The highest BCUT2D eigenvalue weighted by Crippen LogP contribution is 2.20. The molecular formula is C37H39N3O5S. The number of nitrogens with one attached hydrogen (secondary N) is 2. The molecule has 0 bridgehead atoms. The summed E-state index contributed by atoms with van der Waals surface area (Å²) >= 11 is 0. The minimum atomic E-state index is -3.72. The van der Waals surface area contributed by atoms with Crippen LogP contribution >= 0.6 is 0 Å². The second kappa shape index (κ2) is 16.0. The molecule has 1 heterocycles. The summed E-state index contributed by atoms with van der Waals surface area (Å²) in [6.07, 6.45) is 2.87. The van der Waals surface area contributed by atoms with Gasteiger partial charge in [-0.05, 0) is 47.2 Å². The van der Waals surface area contributed by atoms with Crippen LogP contribution in [-0.2, 0) is 32.2 Å². The summed E-state index contributed by atoms with van der Waals surface area (Å²) in [5.41, 5.74) is 4.08. The maximum Gasteiger partial charge on any atom is 0.318 e. The zero-order chi connectivity index (χ0) is 32.2. The van der Waals surface area contributed by atoms with Gasteiger partial charge < -0.3 is 20.3 Å². The standard InChI is InChI=1S/C37H39N3O5S/c41-36(38-33(21-18-29-10-4-1-5-11-29)22-27-46(43,44)34-14-8-3-9-15-34)35(39-37(42)40-23-25-45-26-24-40)28-30-16-19-32(20-17-30)31-12-6-2-7-13-31/h1-17,19-20,22,27,33,35H,18,21,23-26,28H2,(H,38,41)(H,39,42)/b27-22+/t33-,35?/m0/s1. The molecule has 0 saturated carbocycles. The van der Waals surface area contributed by atoms with E-state index in [4.69, 9.17) is 4.74 Å². The van der Waals surface area contributed by atoms with Gasteiger partial charge in [0.05, 0.1) is 18.1 Å². The summed E-state index contributed by atoms with van der Waals surface area (Å²) in [5.74, 6) is -0.395. The second-order valence-electron chi connectivity index (χ2n) is 11.2. The van der Waals surface area contributed by atoms with Crippen molar-refractivity contribution in [2.24, 2.45) is 0 Å². The number of urea groups is 1. The van der Waals surface area contributed by atoms with Gasteiger partial charge in [0.2, 0.25) is 5.91 Å². The zero-order valence-corrected chi connectivity index (χ0v) is 26.4. The van der Waals surface area contributed by atoms with E-state index in [0.29, 0.717) is 39.1 Å². The van der Waals surface area contributed by atoms with Crippen molar-refractivity contribution in [1.82, 2.24) is 15.5 Å². The van der Waals surface area contributed by atoms with Gasteiger partial charge in [-0.15, -0.1) is 0 Å². The molecule has 1 aliphatic rings. The SMILES string of the molecule is O=C(N[C@H](/C=C/S(=O)(=O)c1ccccc1)CCc1ccccc1)C(Cc1ccc(-c2ccccc2)cc1)NC(=O)N1CCOCC1. The molecule has 2 N–H and O–H groups in total. The van der Waals surface area contributed by atoms with Crippen LogP contribution in [-0.4, -0.2) is 63.6 Å². The predicted octanol–water partition coefficient (Wildman–Crippen LogP) is 5.41. The molecule has 1 fully saturated rings. The lowest BCUT2D eigenvalue weighted by Gasteiger charge is -2.29. The first kappa shape index (κ1) is 32.7. The van der Waals surface area contributed by atoms with E-state index in [0.717, 1.165) is 27.7 Å². The van der Waals surface area contributed by atoms with Crippen LogP contribution in [0.4, 0.5) is 4.79 Å². The van der Waals surface area contributed by atoms with Crippen molar-refractivity contribution >= 4 is 21.8 Å². The van der Waals surface area contributed by atoms with Crippen molar-refractivity contribution in [2.45, 2.75) is 36.2 Å². The summed E-state index contributed by atoms with van der Waals surface area (Å²) in [4.78, 5) is 29.0. The van der Waals surface area contributed by atoms with Crippen molar-refractivity contribution in [3.63, 3.8) is 0 Å². The molecule has 1 aliphatic heterocycles. The van der Waals surface area contributed by atoms with E-state index in [1.807, 2.05) is 84.9 Å². The molecule has 0 radical (unpaired) electrons. The van der Waals surface area contributed by atoms with E-state index < -0.39 is 27.8 Å². The third kappa shape index (κ3) is 9.39. The Bertz CT molecular complexity index is 1690. The molecule has 2 atom stereocenters. The Morgan fingerprint density at radius 2 is 1.33 bits per heavy atom. The second-order valence-corrected chi connectivity index (χ2v) is 13.0. The lowest BCUT2D eigenvalue weighted by atomic mass is 9.99. The lowest BCUT2D eigenvalue weighted by Crippen LogP contribution is -2.55. The number of benzene rings is 4. The van der Waals surface area contributed by atoms with E-state index in [-0.39, 0.29) is 17.3 Å². The molecule has 238 valence electrons. The van der Waals surface area contributed by atoms with Gasteiger partial charge in [0.1, 0.15) is 6.04 Å². The summed E-state index contributed by atoms with van der Waals surface area (Å²) in [6, 6.07) is 34.1. The number of rotatable bonds is 12. The van der Waals surface area contributed by atoms with Gasteiger partial charge in [-0.1, -0.05) is 109 Å². The maximum atomic E-state index is 13.9. The Labute approximate surface area is 271 Å². The van der Waals surface area contributed by atoms with Crippen LogP contribution in [0.1, 0.15) is 17.5 Å². The first-order valence-corrected chi connectivity index (χ1v) is 17.0. The predicted molar refractivity (Wildman–Crippen MR) is 180 cm³/mol. The van der Waals surface area contributed by atoms with Gasteiger partial charge in [-0.2, -0.15) is 0 Å². The number of carbonyl (C=O) groups is 2. The van der Waals surface area contributed by atoms with Gasteiger partial charge in [-0.3, -0.25) is 4.79 Å². The van der Waals surface area contributed by atoms with Gasteiger partial charge in [-0.25, -0.2) is 13.2 Å². The Balaban J connectivity index is 1.36. The summed E-state index contributed by atoms with van der Waals surface area (Å²) in [6.45, 7) is 1.75. The number of sulfone groups is 1. The molecule has 0 aromatic heterocycles. The summed E-state index contributed by atoms with van der Waals surface area (Å²) in [5, 5.41) is 7.12. The number of amides is 3. The molecule has 1 saturated heterocycles. The summed E-state index contributed by atoms with van der Waals surface area (Å²) in [7, 11) is -3.72. The van der Waals surface area contributed by atoms with Crippen LogP contribution in [0.3, 0.4) is 0 Å². The Kier molecular flexibility index (Phi) is 11.4. The minimum Gasteiger partial charge on any atom is -0.378 e. The number of hydrogen-bond acceptors (Lipinski definition) is 5. The lowest BCUT2D eigenvalue weighted by molar-refractivity contribution is -0.123. The van der Waals surface area contributed by atoms with Crippen molar-refractivity contribution in [2.75, 3.05) is 26.3 Å². The number of aryl methyl sites for hydroxylation is 1. The van der Waals surface area contributed by atoms with Crippen LogP contribution < -0.4 is 10.6 Å². The average molecular weight is 638 g/mol. The molecule has 3 amide bonds. The number of hydrogen-bond donors (Lipinski definition) is 2. The van der Waals surface area contributed by atoms with Crippen LogP contribution in [0.5, 0.6) is 0 Å². The fourth-order valence-electron chi connectivity index (χ4n) is 5.27. The largest absolute Gasteiger partial charge is 0.378 e. The van der Waals surface area contributed by atoms with E-state index in [1.54, 1.807) is 23.1 Å². The number of nitrogens with zero attached hydrogens (tertiary/aromatic N) is 1. The molecule has 1 unspecified atom stereocenters. The Hall–Kier alpha value is -4.73. The van der Waals surface area contributed by atoms with Gasteiger partial charge in [0.15, 0.2) is 9.84 Å². The summed E-state index contributed by atoms with van der Waals surface area (Å²) < 4.78 is 31.5. The molecule has 9 heteroatoms. The van der Waals surface area contributed by atoms with E-state index in [2.05, 4.69) is 10.6 Å². The van der Waals surface area contributed by atoms with Crippen LogP contribution in [0.2, 0.25) is 0 Å². The third-order valence-corrected chi connectivity index (χ3v) is 9.33. The first-order valence-electron chi connectivity index (χ1n) is 15.5. The maximum absolute atomic E-state index is 13.9. The van der Waals surface area contributed by atoms with Gasteiger partial charge in [0.25, 0.3) is 0 Å². The fourth-order valence-corrected chi connectivity index (χ4v) is 6.36. The minimum absolute atomic E-state index is 0.175. The van der Waals surface area contributed by atoms with Crippen molar-refractivity contribution in [3.05, 3.63) is 138 Å². The number of ether oxygens (including phenoxy) is 1. The molecule has 4 aromatic rings. The Morgan fingerprint density at radius 3 is 1.98 bits per heavy atom. The smallest absolute Gasteiger partial charge is 0.318 e. The molecule has 5 rings (SSSR count). The van der Waals surface area contributed by atoms with E-state index in [1.165, 1.54) is 18.2 Å². The van der Waals surface area contributed by atoms with Crippen LogP contribution in [0, 0.1) is 0 Å². The topological polar surface area (TPSA) is 105 Å². The zero-order valence-electron chi connectivity index (χ0n) is 25.6. The molecule has 46 heavy (non-hydrogen) atoms. The molecule has 0 spiro atoms. The third-order valence-electron chi connectivity index (χ3n) is 7.89. The van der Waals surface area contributed by atoms with Crippen molar-refractivity contribution < 1.29 is 22.7 Å². The average Bonchev–Trinajstić information content (AvgIpc) is 3.11. The molecule has 8 nitrogen and oxygen atoms in total. The Morgan fingerprint density at radius 1 is 0.739 bits per heavy atom. The monoisotopic (exact) mass is 637 g/mol. The molecular weight excluding hydrogens is 598 g/mol. The number of morpholine rings is 1. The quantitative estimate of drug-likeness (QED) is 0.216. The highest BCUT2D eigenvalue weighted by Gasteiger charge is 2.27. The molecule has 4 aromatic carbocycles. The van der Waals surface area contributed by atoms with E-state index >= 15 is 0 Å². The van der Waals surface area contributed by atoms with Crippen molar-refractivity contribution in [1.29, 1.82) is 0 Å². The van der Waals surface area contributed by atoms with Gasteiger partial charge >= 0.3 is 6.03 Å². The highest BCUT2D eigenvalue weighted by molar-refractivity contribution is 7.94. The first-order chi connectivity index (χ1) is 22.4. The highest BCUT2D eigenvalue weighted by atomic mass is 32.2. The normalized spacial score (nSPS) is 14.8. The van der Waals surface area contributed by atoms with Crippen molar-refractivity contribution in [3.8, 4) is 11.1 Å². The van der Waals surface area contributed by atoms with Crippen LogP contribution in [0.15, 0.2) is 132 Å². The van der Waals surface area contributed by atoms with Gasteiger partial charge in [0, 0.05) is 31.0 Å². The fraction of sp³-hybridized carbons (Fsp3) is 0.243. The number of carbonyl (C=O) groups excluding carboxylic acids is 2. The molecule has 0 aliphatic carbocycles.